The molecule has 13 heteroatoms. The Hall–Kier alpha value is -3.29. The van der Waals surface area contributed by atoms with Gasteiger partial charge in [-0.2, -0.15) is 4.31 Å². The van der Waals surface area contributed by atoms with Crippen molar-refractivity contribution in [2.24, 2.45) is 5.73 Å². The van der Waals surface area contributed by atoms with E-state index in [4.69, 9.17) is 15.9 Å². The van der Waals surface area contributed by atoms with Gasteiger partial charge in [0.15, 0.2) is 0 Å². The number of anilines is 1. The highest BCUT2D eigenvalue weighted by Gasteiger charge is 2.40. The quantitative estimate of drug-likeness (QED) is 0.149. The van der Waals surface area contributed by atoms with Crippen LogP contribution in [-0.2, 0) is 29.1 Å². The van der Waals surface area contributed by atoms with Crippen LogP contribution in [0.2, 0.25) is 0 Å². The smallest absolute Gasteiger partial charge is 0.324 e. The molecule has 198 valence electrons. The molecule has 5 N–H and O–H groups in total. The van der Waals surface area contributed by atoms with Crippen molar-refractivity contribution in [2.75, 3.05) is 19.0 Å². The lowest BCUT2D eigenvalue weighted by molar-refractivity contribution is -0.144. The summed E-state index contributed by atoms with van der Waals surface area (Å²) in [5.74, 6) is -1.72. The van der Waals surface area contributed by atoms with E-state index in [2.05, 4.69) is 26.6 Å². The van der Waals surface area contributed by atoms with Crippen molar-refractivity contribution in [1.29, 1.82) is 5.41 Å². The Kier molecular flexibility index (Phi) is 9.05. The SMILES string of the molecule is COC(=O)C1CCCN1S(=O)(=O)c1ccc(C(C)NC(=O)CC(=O)Nc2ccc(C(=N)N)cc2)cc1Br. The molecule has 1 saturated heterocycles. The van der Waals surface area contributed by atoms with Gasteiger partial charge in [-0.15, -0.1) is 0 Å². The second-order valence-electron chi connectivity index (χ2n) is 8.49. The molecule has 0 radical (unpaired) electrons. The van der Waals surface area contributed by atoms with E-state index in [0.29, 0.717) is 29.7 Å². The molecule has 0 aromatic heterocycles. The summed E-state index contributed by atoms with van der Waals surface area (Å²) in [5.41, 5.74) is 7.00. The number of nitrogens with zero attached hydrogens (tertiary/aromatic N) is 1. The van der Waals surface area contributed by atoms with Crippen molar-refractivity contribution >= 4 is 55.3 Å². The number of benzene rings is 2. The minimum Gasteiger partial charge on any atom is -0.468 e. The van der Waals surface area contributed by atoms with Crippen LogP contribution in [0.5, 0.6) is 0 Å². The Morgan fingerprint density at radius 1 is 1.19 bits per heavy atom. The first kappa shape index (κ1) is 28.3. The summed E-state index contributed by atoms with van der Waals surface area (Å²) in [6, 6.07) is 9.52. The zero-order valence-corrected chi connectivity index (χ0v) is 22.7. The highest BCUT2D eigenvalue weighted by molar-refractivity contribution is 9.10. The van der Waals surface area contributed by atoms with Gasteiger partial charge in [0.2, 0.25) is 21.8 Å². The number of methoxy groups -OCH3 is 1. The molecule has 1 fully saturated rings. The number of hydrogen-bond acceptors (Lipinski definition) is 7. The van der Waals surface area contributed by atoms with Crippen molar-refractivity contribution in [3.05, 3.63) is 58.1 Å². The molecule has 1 aliphatic rings. The Bertz CT molecular complexity index is 1320. The summed E-state index contributed by atoms with van der Waals surface area (Å²) >= 11 is 3.31. The van der Waals surface area contributed by atoms with Crippen molar-refractivity contribution in [1.82, 2.24) is 9.62 Å². The van der Waals surface area contributed by atoms with E-state index in [9.17, 15) is 22.8 Å². The molecule has 0 saturated carbocycles. The molecule has 2 aromatic carbocycles. The third kappa shape index (κ3) is 6.73. The molecule has 37 heavy (non-hydrogen) atoms. The predicted octanol–water partition coefficient (Wildman–Crippen LogP) is 2.27. The molecule has 0 bridgehead atoms. The van der Waals surface area contributed by atoms with E-state index in [1.807, 2.05) is 0 Å². The van der Waals surface area contributed by atoms with E-state index in [1.54, 1.807) is 43.3 Å². The average Bonchev–Trinajstić information content (AvgIpc) is 3.34. The number of hydrogen-bond donors (Lipinski definition) is 4. The number of carbonyl (C=O) groups excluding carboxylic acids is 3. The third-order valence-corrected chi connectivity index (χ3v) is 8.78. The number of nitrogens with one attached hydrogen (secondary N) is 3. The van der Waals surface area contributed by atoms with Gasteiger partial charge < -0.3 is 21.1 Å². The Morgan fingerprint density at radius 2 is 1.86 bits per heavy atom. The molecule has 0 aliphatic carbocycles. The minimum absolute atomic E-state index is 0.000693. The Morgan fingerprint density at radius 3 is 2.46 bits per heavy atom. The van der Waals surface area contributed by atoms with Crippen molar-refractivity contribution in [3.63, 3.8) is 0 Å². The lowest BCUT2D eigenvalue weighted by atomic mass is 10.1. The Balaban J connectivity index is 1.63. The van der Waals surface area contributed by atoms with Gasteiger partial charge in [-0.05, 0) is 77.7 Å². The largest absolute Gasteiger partial charge is 0.468 e. The summed E-state index contributed by atoms with van der Waals surface area (Å²) in [7, 11) is -2.74. The first-order valence-corrected chi connectivity index (χ1v) is 13.6. The summed E-state index contributed by atoms with van der Waals surface area (Å²) in [6.07, 6.45) is 0.521. The second-order valence-corrected chi connectivity index (χ2v) is 11.2. The van der Waals surface area contributed by atoms with Gasteiger partial charge in [0, 0.05) is 22.3 Å². The van der Waals surface area contributed by atoms with E-state index in [1.165, 1.54) is 13.2 Å². The first-order chi connectivity index (χ1) is 17.4. The molecule has 2 aromatic rings. The molecule has 1 aliphatic heterocycles. The number of nitrogens with two attached hydrogens (primary N) is 1. The molecule has 2 amide bonds. The van der Waals surface area contributed by atoms with Crippen molar-refractivity contribution in [2.45, 2.75) is 43.2 Å². The molecule has 1 heterocycles. The second kappa shape index (κ2) is 11.8. The fourth-order valence-corrected chi connectivity index (χ4v) is 6.69. The van der Waals surface area contributed by atoms with Crippen LogP contribution in [0.1, 0.15) is 43.4 Å². The molecule has 11 nitrogen and oxygen atoms in total. The number of nitrogen functional groups attached to an aromatic ring is 1. The molecule has 0 spiro atoms. The van der Waals surface area contributed by atoms with Gasteiger partial charge in [-0.25, -0.2) is 8.42 Å². The number of esters is 1. The molecule has 3 rings (SSSR count). The number of halogens is 1. The zero-order valence-electron chi connectivity index (χ0n) is 20.3. The fraction of sp³-hybridized carbons (Fsp3) is 0.333. The fourth-order valence-electron chi connectivity index (χ4n) is 3.98. The minimum atomic E-state index is -3.97. The van der Waals surface area contributed by atoms with Crippen LogP contribution in [0.25, 0.3) is 0 Å². The highest BCUT2D eigenvalue weighted by atomic mass is 79.9. The van der Waals surface area contributed by atoms with Crippen molar-refractivity contribution < 1.29 is 27.5 Å². The molecule has 2 atom stereocenters. The van der Waals surface area contributed by atoms with Gasteiger partial charge in [0.05, 0.1) is 18.0 Å². The van der Waals surface area contributed by atoms with Crippen LogP contribution in [0.4, 0.5) is 5.69 Å². The van der Waals surface area contributed by atoms with Gasteiger partial charge in [-0.3, -0.25) is 19.8 Å². The number of amides is 2. The lowest BCUT2D eigenvalue weighted by Crippen LogP contribution is -2.41. The van der Waals surface area contributed by atoms with E-state index >= 15 is 0 Å². The normalized spacial score (nSPS) is 16.6. The van der Waals surface area contributed by atoms with Crippen LogP contribution in [-0.4, -0.2) is 56.0 Å². The topological polar surface area (TPSA) is 172 Å². The maximum Gasteiger partial charge on any atom is 0.324 e. The van der Waals surface area contributed by atoms with E-state index in [-0.39, 0.29) is 21.7 Å². The molecular formula is C24H28BrN5O6S. The molecule has 2 unspecified atom stereocenters. The lowest BCUT2D eigenvalue weighted by Gasteiger charge is -2.23. The summed E-state index contributed by atoms with van der Waals surface area (Å²) < 4.78 is 32.6. The van der Waals surface area contributed by atoms with Crippen LogP contribution in [0, 0.1) is 5.41 Å². The van der Waals surface area contributed by atoms with Crippen LogP contribution < -0.4 is 16.4 Å². The van der Waals surface area contributed by atoms with E-state index < -0.39 is 46.3 Å². The van der Waals surface area contributed by atoms with Crippen molar-refractivity contribution in [3.8, 4) is 0 Å². The maximum absolute atomic E-state index is 13.2. The summed E-state index contributed by atoms with van der Waals surface area (Å²) in [5, 5.41) is 12.7. The molecular weight excluding hydrogens is 566 g/mol. The van der Waals surface area contributed by atoms with Gasteiger partial charge in [-0.1, -0.05) is 6.07 Å². The summed E-state index contributed by atoms with van der Waals surface area (Å²) in [6.45, 7) is 1.92. The van der Waals surface area contributed by atoms with Gasteiger partial charge in [0.25, 0.3) is 0 Å². The standard InChI is InChI=1S/C24H28BrN5O6S/c1-14(28-21(31)13-22(32)29-17-8-5-15(6-9-17)23(26)27)16-7-10-20(18(25)12-16)37(34,35)30-11-3-4-19(30)24(33)36-2/h5-10,12,14,19H,3-4,11,13H2,1-2H3,(H3,26,27)(H,28,31)(H,29,32). The number of amidine groups is 1. The first-order valence-electron chi connectivity index (χ1n) is 11.4. The summed E-state index contributed by atoms with van der Waals surface area (Å²) in [4.78, 5) is 36.7. The Labute approximate surface area is 223 Å². The van der Waals surface area contributed by atoms with Crippen LogP contribution in [0.15, 0.2) is 51.8 Å². The average molecular weight is 594 g/mol. The van der Waals surface area contributed by atoms with Crippen LogP contribution >= 0.6 is 15.9 Å². The zero-order chi connectivity index (χ0) is 27.3. The number of carbonyl (C=O) groups is 3. The number of sulfonamides is 1. The number of ether oxygens (including phenoxy) is 1. The maximum atomic E-state index is 13.2. The van der Waals surface area contributed by atoms with Crippen LogP contribution in [0.3, 0.4) is 0 Å². The van der Waals surface area contributed by atoms with Gasteiger partial charge in [0.1, 0.15) is 18.3 Å². The van der Waals surface area contributed by atoms with E-state index in [0.717, 1.165) is 4.31 Å². The highest BCUT2D eigenvalue weighted by Crippen LogP contribution is 2.32. The third-order valence-electron chi connectivity index (χ3n) is 5.90. The monoisotopic (exact) mass is 593 g/mol. The number of rotatable bonds is 9. The predicted molar refractivity (Wildman–Crippen MR) is 140 cm³/mol. The van der Waals surface area contributed by atoms with Gasteiger partial charge >= 0.3 is 5.97 Å².